The number of piperazine rings is 1. The van der Waals surface area contributed by atoms with Gasteiger partial charge in [-0.1, -0.05) is 13.8 Å². The summed E-state index contributed by atoms with van der Waals surface area (Å²) in [7, 11) is 3.15. The minimum atomic E-state index is 0.0710. The quantitative estimate of drug-likeness (QED) is 0.808. The summed E-state index contributed by atoms with van der Waals surface area (Å²) in [6.45, 7) is 8.62. The number of methoxy groups -OCH3 is 2. The van der Waals surface area contributed by atoms with Gasteiger partial charge in [-0.15, -0.1) is 0 Å². The average Bonchev–Trinajstić information content (AvgIpc) is 2.56. The smallest absolute Gasteiger partial charge is 0.200 e. The normalized spacial score (nSPS) is 17.3. The Labute approximate surface area is 139 Å². The first-order valence-electron chi connectivity index (χ1n) is 8.46. The van der Waals surface area contributed by atoms with E-state index in [4.69, 9.17) is 9.47 Å². The molecule has 1 fully saturated rings. The minimum Gasteiger partial charge on any atom is -0.502 e. The van der Waals surface area contributed by atoms with Crippen LogP contribution in [0.15, 0.2) is 12.1 Å². The maximum Gasteiger partial charge on any atom is 0.200 e. The molecular weight excluding hydrogens is 292 g/mol. The van der Waals surface area contributed by atoms with Crippen LogP contribution in [0.4, 0.5) is 0 Å². The predicted octanol–water partition coefficient (Wildman–Crippen LogP) is 2.79. The first-order chi connectivity index (χ1) is 11.1. The maximum absolute atomic E-state index is 10.1. The molecule has 1 aromatic carbocycles. The Morgan fingerprint density at radius 1 is 1.09 bits per heavy atom. The number of phenolic OH excluding ortho intramolecular Hbond substituents is 1. The molecule has 1 aromatic rings. The molecule has 5 heteroatoms. The maximum atomic E-state index is 10.1. The lowest BCUT2D eigenvalue weighted by Gasteiger charge is -2.36. The molecule has 1 aliphatic rings. The molecule has 0 aliphatic carbocycles. The first kappa shape index (κ1) is 17.9. The van der Waals surface area contributed by atoms with Crippen molar-refractivity contribution in [1.29, 1.82) is 0 Å². The zero-order chi connectivity index (χ0) is 16.8. The lowest BCUT2D eigenvalue weighted by Crippen LogP contribution is -2.45. The summed E-state index contributed by atoms with van der Waals surface area (Å²) >= 11 is 0. The van der Waals surface area contributed by atoms with E-state index in [1.807, 2.05) is 12.1 Å². The number of hydrogen-bond acceptors (Lipinski definition) is 5. The van der Waals surface area contributed by atoms with E-state index in [0.29, 0.717) is 23.5 Å². The van der Waals surface area contributed by atoms with Crippen LogP contribution in [0.25, 0.3) is 0 Å². The molecular formula is C18H30N2O3. The van der Waals surface area contributed by atoms with Crippen molar-refractivity contribution >= 4 is 0 Å². The van der Waals surface area contributed by atoms with Gasteiger partial charge in [-0.3, -0.25) is 4.90 Å². The molecule has 0 saturated carbocycles. The van der Waals surface area contributed by atoms with Gasteiger partial charge in [-0.2, -0.15) is 0 Å². The summed E-state index contributed by atoms with van der Waals surface area (Å²) in [5.41, 5.74) is 1.15. The van der Waals surface area contributed by atoms with Crippen molar-refractivity contribution in [3.05, 3.63) is 17.7 Å². The number of rotatable bonds is 7. The van der Waals surface area contributed by atoms with Crippen LogP contribution < -0.4 is 14.8 Å². The van der Waals surface area contributed by atoms with Crippen molar-refractivity contribution in [2.75, 3.05) is 40.4 Å². The van der Waals surface area contributed by atoms with Crippen molar-refractivity contribution in [3.8, 4) is 17.2 Å². The van der Waals surface area contributed by atoms with Gasteiger partial charge in [0.2, 0.25) is 5.75 Å². The van der Waals surface area contributed by atoms with Gasteiger partial charge < -0.3 is 19.9 Å². The number of benzene rings is 1. The van der Waals surface area contributed by atoms with E-state index in [0.717, 1.165) is 38.2 Å². The number of nitrogens with zero attached hydrogens (tertiary/aromatic N) is 1. The Morgan fingerprint density at radius 2 is 1.65 bits per heavy atom. The fourth-order valence-corrected chi connectivity index (χ4v) is 3.15. The number of ether oxygens (including phenoxy) is 2. The molecule has 1 heterocycles. The summed E-state index contributed by atoms with van der Waals surface area (Å²) in [5.74, 6) is 1.69. The number of aromatic hydroxyl groups is 1. The zero-order valence-electron chi connectivity index (χ0n) is 14.8. The van der Waals surface area contributed by atoms with Gasteiger partial charge >= 0.3 is 0 Å². The molecule has 0 unspecified atom stereocenters. The molecule has 0 spiro atoms. The molecule has 5 nitrogen and oxygen atoms in total. The van der Waals surface area contributed by atoms with E-state index in [1.165, 1.54) is 6.42 Å². The second kappa shape index (κ2) is 8.41. The summed E-state index contributed by atoms with van der Waals surface area (Å²) in [5, 5.41) is 13.6. The fraction of sp³-hybridized carbons (Fsp3) is 0.667. The highest BCUT2D eigenvalue weighted by atomic mass is 16.5. The third-order valence-corrected chi connectivity index (χ3v) is 4.50. The van der Waals surface area contributed by atoms with Gasteiger partial charge in [0.25, 0.3) is 0 Å². The number of nitrogens with one attached hydrogen (secondary N) is 1. The minimum absolute atomic E-state index is 0.0710. The third kappa shape index (κ3) is 4.52. The van der Waals surface area contributed by atoms with Crippen LogP contribution in [-0.4, -0.2) is 50.4 Å². The molecule has 130 valence electrons. The van der Waals surface area contributed by atoms with Crippen molar-refractivity contribution in [1.82, 2.24) is 10.2 Å². The highest BCUT2D eigenvalue weighted by Gasteiger charge is 2.24. The van der Waals surface area contributed by atoms with Crippen LogP contribution in [0.3, 0.4) is 0 Å². The second-order valence-corrected chi connectivity index (χ2v) is 6.55. The van der Waals surface area contributed by atoms with Crippen molar-refractivity contribution in [3.63, 3.8) is 0 Å². The van der Waals surface area contributed by atoms with Crippen LogP contribution in [-0.2, 0) is 0 Å². The van der Waals surface area contributed by atoms with Crippen LogP contribution in [0.2, 0.25) is 0 Å². The molecule has 2 N–H and O–H groups in total. The largest absolute Gasteiger partial charge is 0.502 e. The van der Waals surface area contributed by atoms with E-state index in [-0.39, 0.29) is 5.75 Å². The van der Waals surface area contributed by atoms with Crippen LogP contribution >= 0.6 is 0 Å². The Kier molecular flexibility index (Phi) is 6.54. The Morgan fingerprint density at radius 3 is 2.13 bits per heavy atom. The molecule has 1 saturated heterocycles. The summed E-state index contributed by atoms with van der Waals surface area (Å²) in [4.78, 5) is 2.52. The van der Waals surface area contributed by atoms with Crippen LogP contribution in [0.1, 0.15) is 38.3 Å². The van der Waals surface area contributed by atoms with Crippen molar-refractivity contribution in [2.45, 2.75) is 32.7 Å². The lowest BCUT2D eigenvalue weighted by molar-refractivity contribution is 0.159. The number of phenols is 1. The predicted molar refractivity (Wildman–Crippen MR) is 92.5 cm³/mol. The lowest BCUT2D eigenvalue weighted by atomic mass is 9.95. The van der Waals surface area contributed by atoms with Gasteiger partial charge in [-0.25, -0.2) is 0 Å². The monoisotopic (exact) mass is 322 g/mol. The topological polar surface area (TPSA) is 54.0 Å². The fourth-order valence-electron chi connectivity index (χ4n) is 3.15. The molecule has 1 aliphatic heterocycles. The molecule has 23 heavy (non-hydrogen) atoms. The second-order valence-electron chi connectivity index (χ2n) is 6.55. The molecule has 0 radical (unpaired) electrons. The van der Waals surface area contributed by atoms with Gasteiger partial charge in [0, 0.05) is 32.2 Å². The van der Waals surface area contributed by atoms with Crippen molar-refractivity contribution in [2.24, 2.45) is 5.92 Å². The standard InChI is InChI=1S/C18H30N2O3/c1-13(2)5-6-15(20-9-7-19-8-10-20)14-11-16(22-3)18(21)17(12-14)23-4/h11-13,15,19,21H,5-10H2,1-4H3/t15-/m1/s1. The van der Waals surface area contributed by atoms with Crippen LogP contribution in [0, 0.1) is 5.92 Å². The van der Waals surface area contributed by atoms with E-state index < -0.39 is 0 Å². The molecule has 0 amide bonds. The molecule has 2 rings (SSSR count). The Balaban J connectivity index is 2.32. The average molecular weight is 322 g/mol. The summed E-state index contributed by atoms with van der Waals surface area (Å²) in [6.07, 6.45) is 2.26. The Bertz CT molecular complexity index is 474. The zero-order valence-corrected chi connectivity index (χ0v) is 14.8. The number of hydrogen-bond donors (Lipinski definition) is 2. The van der Waals surface area contributed by atoms with Gasteiger partial charge in [0.1, 0.15) is 0 Å². The van der Waals surface area contributed by atoms with E-state index in [1.54, 1.807) is 14.2 Å². The highest BCUT2D eigenvalue weighted by Crippen LogP contribution is 2.41. The van der Waals surface area contributed by atoms with E-state index in [2.05, 4.69) is 24.1 Å². The van der Waals surface area contributed by atoms with E-state index in [9.17, 15) is 5.11 Å². The van der Waals surface area contributed by atoms with Gasteiger partial charge in [0.05, 0.1) is 14.2 Å². The summed E-state index contributed by atoms with van der Waals surface area (Å²) < 4.78 is 10.7. The summed E-state index contributed by atoms with van der Waals surface area (Å²) in [6, 6.07) is 4.22. The van der Waals surface area contributed by atoms with Gasteiger partial charge in [0.15, 0.2) is 11.5 Å². The molecule has 1 atom stereocenters. The van der Waals surface area contributed by atoms with Crippen molar-refractivity contribution < 1.29 is 14.6 Å². The Hall–Kier alpha value is -1.46. The first-order valence-corrected chi connectivity index (χ1v) is 8.46. The third-order valence-electron chi connectivity index (χ3n) is 4.50. The molecule has 0 aromatic heterocycles. The van der Waals surface area contributed by atoms with Gasteiger partial charge in [-0.05, 0) is 36.5 Å². The van der Waals surface area contributed by atoms with Crippen LogP contribution in [0.5, 0.6) is 17.2 Å². The molecule has 0 bridgehead atoms. The SMILES string of the molecule is COc1cc([C@@H](CCC(C)C)N2CCNCC2)cc(OC)c1O. The highest BCUT2D eigenvalue weighted by molar-refractivity contribution is 5.53. The van der Waals surface area contributed by atoms with E-state index >= 15 is 0 Å².